The van der Waals surface area contributed by atoms with Crippen LogP contribution >= 0.6 is 11.3 Å². The minimum Gasteiger partial charge on any atom is -0.325 e. The fourth-order valence-corrected chi connectivity index (χ4v) is 2.73. The SMILES string of the molecule is CN(CC(=O)Nc1cccc(C(F)(F)F)c1)Cc1cccs1. The molecule has 0 fully saturated rings. The van der Waals surface area contributed by atoms with Gasteiger partial charge in [-0.05, 0) is 36.7 Å². The second-order valence-electron chi connectivity index (χ2n) is 4.88. The van der Waals surface area contributed by atoms with E-state index in [0.717, 1.165) is 17.0 Å². The number of benzene rings is 1. The molecule has 1 heterocycles. The molecule has 0 aliphatic carbocycles. The predicted molar refractivity (Wildman–Crippen MR) is 80.7 cm³/mol. The normalized spacial score (nSPS) is 11.7. The van der Waals surface area contributed by atoms with E-state index in [9.17, 15) is 18.0 Å². The Morgan fingerprint density at radius 3 is 2.68 bits per heavy atom. The number of thiophene rings is 1. The monoisotopic (exact) mass is 328 g/mol. The molecule has 0 radical (unpaired) electrons. The maximum absolute atomic E-state index is 12.6. The van der Waals surface area contributed by atoms with Crippen molar-refractivity contribution in [2.45, 2.75) is 12.7 Å². The first kappa shape index (κ1) is 16.5. The van der Waals surface area contributed by atoms with Crippen LogP contribution in [-0.4, -0.2) is 24.4 Å². The molecule has 1 aromatic carbocycles. The molecule has 2 aromatic rings. The third-order valence-electron chi connectivity index (χ3n) is 2.89. The van der Waals surface area contributed by atoms with Crippen molar-refractivity contribution in [3.63, 3.8) is 0 Å². The minimum atomic E-state index is -4.42. The van der Waals surface area contributed by atoms with Gasteiger partial charge in [0.1, 0.15) is 0 Å². The van der Waals surface area contributed by atoms with E-state index in [1.165, 1.54) is 12.1 Å². The maximum Gasteiger partial charge on any atom is 0.416 e. The molecular formula is C15H15F3N2OS. The summed E-state index contributed by atoms with van der Waals surface area (Å²) in [6.07, 6.45) is -4.42. The lowest BCUT2D eigenvalue weighted by molar-refractivity contribution is -0.137. The number of nitrogens with zero attached hydrogens (tertiary/aromatic N) is 1. The van der Waals surface area contributed by atoms with E-state index in [1.807, 2.05) is 17.5 Å². The van der Waals surface area contributed by atoms with Gasteiger partial charge in [-0.25, -0.2) is 0 Å². The van der Waals surface area contributed by atoms with Gasteiger partial charge >= 0.3 is 6.18 Å². The Labute approximate surface area is 130 Å². The molecule has 3 nitrogen and oxygen atoms in total. The smallest absolute Gasteiger partial charge is 0.325 e. The number of halogens is 3. The highest BCUT2D eigenvalue weighted by Crippen LogP contribution is 2.30. The lowest BCUT2D eigenvalue weighted by atomic mass is 10.2. The first-order valence-corrected chi connectivity index (χ1v) is 7.40. The number of alkyl halides is 3. The Kier molecular flexibility index (Phi) is 5.20. The van der Waals surface area contributed by atoms with Crippen LogP contribution in [0.5, 0.6) is 0 Å². The highest BCUT2D eigenvalue weighted by atomic mass is 32.1. The number of hydrogen-bond acceptors (Lipinski definition) is 3. The molecule has 0 bridgehead atoms. The van der Waals surface area contributed by atoms with Gasteiger partial charge in [0, 0.05) is 17.1 Å². The number of nitrogens with one attached hydrogen (secondary N) is 1. The molecule has 0 atom stereocenters. The van der Waals surface area contributed by atoms with Crippen molar-refractivity contribution in [3.05, 3.63) is 52.2 Å². The molecule has 2 rings (SSSR count). The van der Waals surface area contributed by atoms with Crippen molar-refractivity contribution in [1.29, 1.82) is 0 Å². The summed E-state index contributed by atoms with van der Waals surface area (Å²) in [6, 6.07) is 8.50. The van der Waals surface area contributed by atoms with Gasteiger partial charge in [-0.2, -0.15) is 13.2 Å². The lowest BCUT2D eigenvalue weighted by Crippen LogP contribution is -2.29. The standard InChI is InChI=1S/C15H15F3N2OS/c1-20(9-13-6-3-7-22-13)10-14(21)19-12-5-2-4-11(8-12)15(16,17)18/h2-8H,9-10H2,1H3,(H,19,21). The number of hydrogen-bond donors (Lipinski definition) is 1. The fraction of sp³-hybridized carbons (Fsp3) is 0.267. The van der Waals surface area contributed by atoms with Crippen molar-refractivity contribution < 1.29 is 18.0 Å². The zero-order chi connectivity index (χ0) is 16.2. The van der Waals surface area contributed by atoms with Gasteiger partial charge in [0.05, 0.1) is 12.1 Å². The maximum atomic E-state index is 12.6. The molecule has 1 N–H and O–H groups in total. The van der Waals surface area contributed by atoms with Crippen LogP contribution in [0.2, 0.25) is 0 Å². The van der Waals surface area contributed by atoms with Crippen molar-refractivity contribution in [2.75, 3.05) is 18.9 Å². The van der Waals surface area contributed by atoms with Gasteiger partial charge < -0.3 is 5.32 Å². The van der Waals surface area contributed by atoms with Crippen LogP contribution in [0.3, 0.4) is 0 Å². The second-order valence-corrected chi connectivity index (χ2v) is 5.91. The van der Waals surface area contributed by atoms with Gasteiger partial charge in [-0.15, -0.1) is 11.3 Å². The summed E-state index contributed by atoms with van der Waals surface area (Å²) in [6.45, 7) is 0.724. The quantitative estimate of drug-likeness (QED) is 0.904. The van der Waals surface area contributed by atoms with Gasteiger partial charge in [-0.1, -0.05) is 12.1 Å². The largest absolute Gasteiger partial charge is 0.416 e. The summed E-state index contributed by atoms with van der Waals surface area (Å²) in [7, 11) is 1.78. The molecule has 0 aliphatic heterocycles. The molecule has 0 aliphatic rings. The number of amides is 1. The topological polar surface area (TPSA) is 32.3 Å². The zero-order valence-electron chi connectivity index (χ0n) is 11.9. The zero-order valence-corrected chi connectivity index (χ0v) is 12.7. The third kappa shape index (κ3) is 4.85. The summed E-state index contributed by atoms with van der Waals surface area (Å²) in [4.78, 5) is 14.8. The van der Waals surface area contributed by atoms with E-state index >= 15 is 0 Å². The van der Waals surface area contributed by atoms with E-state index in [1.54, 1.807) is 23.3 Å². The van der Waals surface area contributed by atoms with Crippen LogP contribution < -0.4 is 5.32 Å². The molecule has 0 saturated carbocycles. The molecule has 22 heavy (non-hydrogen) atoms. The molecular weight excluding hydrogens is 313 g/mol. The molecule has 1 aromatic heterocycles. The number of carbonyl (C=O) groups excluding carboxylic acids is 1. The van der Waals surface area contributed by atoms with Crippen molar-refractivity contribution in [2.24, 2.45) is 0 Å². The third-order valence-corrected chi connectivity index (χ3v) is 3.75. The number of rotatable bonds is 5. The Hall–Kier alpha value is -1.86. The average molecular weight is 328 g/mol. The molecule has 7 heteroatoms. The summed E-state index contributed by atoms with van der Waals surface area (Å²) >= 11 is 1.59. The van der Waals surface area contributed by atoms with Crippen LogP contribution in [0.4, 0.5) is 18.9 Å². The van der Waals surface area contributed by atoms with Gasteiger partial charge in [0.15, 0.2) is 0 Å². The number of anilines is 1. The summed E-state index contributed by atoms with van der Waals surface area (Å²) in [5.41, 5.74) is -0.637. The molecule has 0 spiro atoms. The number of likely N-dealkylation sites (N-methyl/N-ethyl adjacent to an activating group) is 1. The molecule has 0 unspecified atom stereocenters. The van der Waals surface area contributed by atoms with E-state index < -0.39 is 11.7 Å². The van der Waals surface area contributed by atoms with Crippen molar-refractivity contribution >= 4 is 22.9 Å². The summed E-state index contributed by atoms with van der Waals surface area (Å²) in [5, 5.41) is 4.44. The predicted octanol–water partition coefficient (Wildman–Crippen LogP) is 3.84. The van der Waals surface area contributed by atoms with Crippen LogP contribution in [0, 0.1) is 0 Å². The Morgan fingerprint density at radius 1 is 1.27 bits per heavy atom. The highest BCUT2D eigenvalue weighted by molar-refractivity contribution is 7.09. The van der Waals surface area contributed by atoms with Crippen LogP contribution in [-0.2, 0) is 17.5 Å². The fourth-order valence-electron chi connectivity index (χ4n) is 1.94. The lowest BCUT2D eigenvalue weighted by Gasteiger charge is -2.15. The summed E-state index contributed by atoms with van der Waals surface area (Å²) < 4.78 is 37.8. The first-order valence-electron chi connectivity index (χ1n) is 6.52. The van der Waals surface area contributed by atoms with E-state index in [4.69, 9.17) is 0 Å². The highest BCUT2D eigenvalue weighted by Gasteiger charge is 2.30. The molecule has 0 saturated heterocycles. The van der Waals surface area contributed by atoms with Gasteiger partial charge in [0.25, 0.3) is 0 Å². The Morgan fingerprint density at radius 2 is 2.05 bits per heavy atom. The molecule has 1 amide bonds. The van der Waals surface area contributed by atoms with Crippen molar-refractivity contribution in [3.8, 4) is 0 Å². The average Bonchev–Trinajstić information content (AvgIpc) is 2.90. The molecule has 118 valence electrons. The van der Waals surface area contributed by atoms with E-state index in [2.05, 4.69) is 5.32 Å². The van der Waals surface area contributed by atoms with Crippen LogP contribution in [0.25, 0.3) is 0 Å². The first-order chi connectivity index (χ1) is 10.3. The summed E-state index contributed by atoms with van der Waals surface area (Å²) in [5.74, 6) is -0.349. The van der Waals surface area contributed by atoms with Gasteiger partial charge in [-0.3, -0.25) is 9.69 Å². The number of carbonyl (C=O) groups is 1. The Balaban J connectivity index is 1.91. The van der Waals surface area contributed by atoms with Gasteiger partial charge in [0.2, 0.25) is 5.91 Å². The van der Waals surface area contributed by atoms with Crippen molar-refractivity contribution in [1.82, 2.24) is 4.90 Å². The second kappa shape index (κ2) is 6.93. The Bertz CT molecular complexity index is 626. The van der Waals surface area contributed by atoms with E-state index in [0.29, 0.717) is 6.54 Å². The van der Waals surface area contributed by atoms with E-state index in [-0.39, 0.29) is 18.1 Å². The van der Waals surface area contributed by atoms with Crippen LogP contribution in [0.1, 0.15) is 10.4 Å². The van der Waals surface area contributed by atoms with Crippen LogP contribution in [0.15, 0.2) is 41.8 Å². The minimum absolute atomic E-state index is 0.105.